The molecule has 9 heteroatoms. The van der Waals surface area contributed by atoms with Crippen molar-refractivity contribution >= 4 is 21.2 Å². The molecule has 1 aromatic heterocycles. The van der Waals surface area contributed by atoms with Gasteiger partial charge in [0.25, 0.3) is 0 Å². The van der Waals surface area contributed by atoms with Gasteiger partial charge in [0.2, 0.25) is 19.2 Å². The first-order chi connectivity index (χ1) is 6.27. The number of ether oxygens (including phenoxy) is 1. The minimum absolute atomic E-state index is 0.286. The second-order valence-electron chi connectivity index (χ2n) is 2.37. The third kappa shape index (κ3) is 2.22. The topological polar surface area (TPSA) is 69.2 Å². The predicted octanol–water partition coefficient (Wildman–Crippen LogP) is 0.637. The zero-order valence-corrected chi connectivity index (χ0v) is 8.82. The Hall–Kier alpha value is -0.670. The molecule has 14 heavy (non-hydrogen) atoms. The van der Waals surface area contributed by atoms with Gasteiger partial charge in [0.05, 0.1) is 0 Å². The number of nitrogens with zero attached hydrogens (tertiary/aromatic N) is 2. The van der Waals surface area contributed by atoms with E-state index in [2.05, 4.69) is 14.9 Å². The Bertz CT molecular complexity index is 428. The molecule has 0 aromatic carbocycles. The van der Waals surface area contributed by atoms with Crippen LogP contribution in [0.25, 0.3) is 0 Å². The molecule has 0 aliphatic carbocycles. The average molecular weight is 244 g/mol. The molecule has 0 aliphatic heterocycles. The number of alkyl halides is 2. The van der Waals surface area contributed by atoms with Crippen LogP contribution in [0.15, 0.2) is 4.34 Å². The van der Waals surface area contributed by atoms with Crippen LogP contribution in [0.3, 0.4) is 0 Å². The molecular weight excluding hydrogens is 238 g/mol. The standard InChI is InChI=1S/C5H6F2N2O3S2/c1-12-5(6,7)3-8-9-4(13-3)14(2,10)11/h1-2H3. The van der Waals surface area contributed by atoms with Crippen LogP contribution in [0.1, 0.15) is 5.01 Å². The Morgan fingerprint density at radius 1 is 1.43 bits per heavy atom. The molecular formula is C5H6F2N2O3S2. The van der Waals surface area contributed by atoms with E-state index < -0.39 is 25.3 Å². The normalized spacial score (nSPS) is 13.1. The fourth-order valence-electron chi connectivity index (χ4n) is 0.565. The van der Waals surface area contributed by atoms with E-state index in [-0.39, 0.29) is 11.3 Å². The average Bonchev–Trinajstić information content (AvgIpc) is 2.51. The van der Waals surface area contributed by atoms with Crippen LogP contribution >= 0.6 is 11.3 Å². The van der Waals surface area contributed by atoms with Crippen LogP contribution in [0.4, 0.5) is 8.78 Å². The summed E-state index contributed by atoms with van der Waals surface area (Å²) >= 11 is 0.286. The van der Waals surface area contributed by atoms with Gasteiger partial charge >= 0.3 is 6.11 Å². The molecule has 0 fully saturated rings. The van der Waals surface area contributed by atoms with Gasteiger partial charge in [-0.3, -0.25) is 0 Å². The van der Waals surface area contributed by atoms with Gasteiger partial charge in [-0.05, 0) is 0 Å². The first kappa shape index (κ1) is 11.4. The largest absolute Gasteiger partial charge is 0.411 e. The van der Waals surface area contributed by atoms with Crippen molar-refractivity contribution in [2.75, 3.05) is 13.4 Å². The number of aromatic nitrogens is 2. The van der Waals surface area contributed by atoms with Crippen molar-refractivity contribution in [3.8, 4) is 0 Å². The molecule has 1 aromatic rings. The summed E-state index contributed by atoms with van der Waals surface area (Å²) < 4.78 is 50.7. The molecule has 0 aliphatic rings. The van der Waals surface area contributed by atoms with E-state index in [1.165, 1.54) is 0 Å². The first-order valence-electron chi connectivity index (χ1n) is 3.24. The van der Waals surface area contributed by atoms with Crippen molar-refractivity contribution in [2.45, 2.75) is 10.4 Å². The van der Waals surface area contributed by atoms with Crippen LogP contribution in [0, 0.1) is 0 Å². The molecule has 0 unspecified atom stereocenters. The maximum Gasteiger partial charge on any atom is 0.411 e. The summed E-state index contributed by atoms with van der Waals surface area (Å²) in [6, 6.07) is 0. The van der Waals surface area contributed by atoms with Crippen molar-refractivity contribution in [3.63, 3.8) is 0 Å². The van der Waals surface area contributed by atoms with Crippen LogP contribution in [0.2, 0.25) is 0 Å². The Labute approximate surface area is 82.6 Å². The van der Waals surface area contributed by atoms with E-state index in [1.807, 2.05) is 0 Å². The van der Waals surface area contributed by atoms with Crippen molar-refractivity contribution in [3.05, 3.63) is 5.01 Å². The van der Waals surface area contributed by atoms with Crippen LogP contribution in [0.5, 0.6) is 0 Å². The van der Waals surface area contributed by atoms with Gasteiger partial charge in [0.1, 0.15) is 0 Å². The molecule has 0 N–H and O–H groups in total. The van der Waals surface area contributed by atoms with Gasteiger partial charge < -0.3 is 4.74 Å². The zero-order chi connectivity index (χ0) is 11.0. The summed E-state index contributed by atoms with van der Waals surface area (Å²) in [5.41, 5.74) is 0. The first-order valence-corrected chi connectivity index (χ1v) is 5.95. The Kier molecular flexibility index (Phi) is 2.83. The molecule has 0 amide bonds. The monoisotopic (exact) mass is 244 g/mol. The predicted molar refractivity (Wildman–Crippen MR) is 43.9 cm³/mol. The molecule has 0 saturated heterocycles. The van der Waals surface area contributed by atoms with Crippen molar-refractivity contribution in [2.24, 2.45) is 0 Å². The Morgan fingerprint density at radius 2 is 2.00 bits per heavy atom. The third-order valence-electron chi connectivity index (χ3n) is 1.23. The summed E-state index contributed by atoms with van der Waals surface area (Å²) in [4.78, 5) is 0. The number of hydrogen-bond acceptors (Lipinski definition) is 6. The highest BCUT2D eigenvalue weighted by molar-refractivity contribution is 7.92. The second-order valence-corrected chi connectivity index (χ2v) is 5.53. The summed E-state index contributed by atoms with van der Waals surface area (Å²) in [7, 11) is -2.80. The number of halogens is 2. The van der Waals surface area contributed by atoms with Gasteiger partial charge in [-0.25, -0.2) is 8.42 Å². The lowest BCUT2D eigenvalue weighted by Gasteiger charge is -2.07. The molecule has 5 nitrogen and oxygen atoms in total. The van der Waals surface area contributed by atoms with Crippen LogP contribution in [-0.4, -0.2) is 32.0 Å². The maximum atomic E-state index is 12.8. The quantitative estimate of drug-likeness (QED) is 0.780. The van der Waals surface area contributed by atoms with Crippen molar-refractivity contribution in [1.82, 2.24) is 10.2 Å². The molecule has 0 saturated carbocycles. The summed E-state index contributed by atoms with van der Waals surface area (Å²) in [6.07, 6.45) is -2.73. The van der Waals surface area contributed by atoms with E-state index in [0.717, 1.165) is 13.4 Å². The number of hydrogen-bond donors (Lipinski definition) is 0. The van der Waals surface area contributed by atoms with Gasteiger partial charge in [0, 0.05) is 13.4 Å². The highest BCUT2D eigenvalue weighted by atomic mass is 32.2. The van der Waals surface area contributed by atoms with Crippen LogP contribution < -0.4 is 0 Å². The SMILES string of the molecule is COC(F)(F)c1nnc(S(C)(=O)=O)s1. The van der Waals surface area contributed by atoms with Crippen molar-refractivity contribution in [1.29, 1.82) is 0 Å². The van der Waals surface area contributed by atoms with Gasteiger partial charge in [-0.2, -0.15) is 8.78 Å². The van der Waals surface area contributed by atoms with E-state index >= 15 is 0 Å². The smallest absolute Gasteiger partial charge is 0.318 e. The highest BCUT2D eigenvalue weighted by Gasteiger charge is 2.37. The molecule has 0 radical (unpaired) electrons. The highest BCUT2D eigenvalue weighted by Crippen LogP contribution is 2.31. The van der Waals surface area contributed by atoms with Crippen LogP contribution in [-0.2, 0) is 20.7 Å². The lowest BCUT2D eigenvalue weighted by molar-refractivity contribution is -0.231. The van der Waals surface area contributed by atoms with E-state index in [1.54, 1.807) is 0 Å². The third-order valence-corrected chi connectivity index (χ3v) is 3.87. The van der Waals surface area contributed by atoms with Gasteiger partial charge in [0.15, 0.2) is 0 Å². The summed E-state index contributed by atoms with van der Waals surface area (Å²) in [6.45, 7) is 0. The second kappa shape index (κ2) is 3.48. The van der Waals surface area contributed by atoms with E-state index in [0.29, 0.717) is 0 Å². The molecule has 0 bridgehead atoms. The molecule has 0 spiro atoms. The van der Waals surface area contributed by atoms with E-state index in [4.69, 9.17) is 0 Å². The molecule has 0 atom stereocenters. The Balaban J connectivity index is 3.13. The van der Waals surface area contributed by atoms with E-state index in [9.17, 15) is 17.2 Å². The zero-order valence-electron chi connectivity index (χ0n) is 7.19. The fourth-order valence-corrected chi connectivity index (χ4v) is 2.13. The minimum atomic E-state index is -3.60. The fraction of sp³-hybridized carbons (Fsp3) is 0.600. The minimum Gasteiger partial charge on any atom is -0.318 e. The lowest BCUT2D eigenvalue weighted by Crippen LogP contribution is -2.15. The molecule has 1 heterocycles. The number of rotatable bonds is 3. The Morgan fingerprint density at radius 3 is 2.36 bits per heavy atom. The van der Waals surface area contributed by atoms with Gasteiger partial charge in [-0.1, -0.05) is 11.3 Å². The molecule has 1 rings (SSSR count). The van der Waals surface area contributed by atoms with Gasteiger partial charge in [-0.15, -0.1) is 10.2 Å². The maximum absolute atomic E-state index is 12.8. The number of sulfone groups is 1. The number of methoxy groups -OCH3 is 1. The lowest BCUT2D eigenvalue weighted by atomic mass is 10.7. The van der Waals surface area contributed by atoms with Crippen molar-refractivity contribution < 1.29 is 21.9 Å². The molecule has 80 valence electrons. The summed E-state index contributed by atoms with van der Waals surface area (Å²) in [5.74, 6) is 0. The summed E-state index contributed by atoms with van der Waals surface area (Å²) in [5, 5.41) is 5.38.